The second kappa shape index (κ2) is 11.6. The minimum absolute atomic E-state index is 0.0853. The van der Waals surface area contributed by atoms with Gasteiger partial charge in [-0.3, -0.25) is 14.7 Å². The van der Waals surface area contributed by atoms with Crippen LogP contribution in [0.4, 0.5) is 0 Å². The Labute approximate surface area is 240 Å². The van der Waals surface area contributed by atoms with Gasteiger partial charge in [-0.05, 0) is 67.1 Å². The number of hydrogen-bond acceptors (Lipinski definition) is 7. The Morgan fingerprint density at radius 2 is 1.80 bits per heavy atom. The number of likely N-dealkylation sites (N-methyl/N-ethyl adjacent to an activating group) is 1. The molecule has 0 radical (unpaired) electrons. The molecule has 0 aliphatic carbocycles. The van der Waals surface area contributed by atoms with E-state index in [0.29, 0.717) is 23.9 Å². The highest BCUT2D eigenvalue weighted by atomic mass is 16.5. The molecule has 8 nitrogen and oxygen atoms in total. The lowest BCUT2D eigenvalue weighted by Crippen LogP contribution is -2.43. The zero-order valence-corrected chi connectivity index (χ0v) is 23.7. The first-order chi connectivity index (χ1) is 19.9. The van der Waals surface area contributed by atoms with Crippen LogP contribution in [0.1, 0.15) is 27.0 Å². The van der Waals surface area contributed by atoms with Gasteiger partial charge in [0.05, 0.1) is 5.52 Å². The molecule has 1 aliphatic rings. The molecule has 0 amide bonds. The lowest BCUT2D eigenvalue weighted by Gasteiger charge is -2.32. The Kier molecular flexibility index (Phi) is 7.59. The summed E-state index contributed by atoms with van der Waals surface area (Å²) in [6, 6.07) is 19.5. The molecule has 0 saturated carbocycles. The minimum atomic E-state index is 0.0853. The van der Waals surface area contributed by atoms with Crippen LogP contribution in [-0.2, 0) is 20.0 Å². The van der Waals surface area contributed by atoms with E-state index in [1.807, 2.05) is 72.4 Å². The van der Waals surface area contributed by atoms with E-state index in [4.69, 9.17) is 14.7 Å². The Hall–Kier alpha value is -4.40. The van der Waals surface area contributed by atoms with Crippen molar-refractivity contribution in [3.05, 3.63) is 102 Å². The van der Waals surface area contributed by atoms with Crippen molar-refractivity contribution in [2.75, 3.05) is 33.2 Å². The fourth-order valence-corrected chi connectivity index (χ4v) is 5.26. The third kappa shape index (κ3) is 6.04. The molecule has 6 rings (SSSR count). The van der Waals surface area contributed by atoms with Gasteiger partial charge in [0, 0.05) is 75.9 Å². The molecule has 0 spiro atoms. The molecule has 208 valence electrons. The van der Waals surface area contributed by atoms with Crippen LogP contribution >= 0.6 is 0 Å². The Morgan fingerprint density at radius 1 is 0.951 bits per heavy atom. The largest absolute Gasteiger partial charge is 0.437 e. The second-order valence-electron chi connectivity index (χ2n) is 10.8. The van der Waals surface area contributed by atoms with Gasteiger partial charge in [-0.2, -0.15) is 4.98 Å². The maximum atomic E-state index is 13.3. The Bertz CT molecular complexity index is 1690. The molecule has 0 unspecified atom stereocenters. The van der Waals surface area contributed by atoms with Crippen LogP contribution in [0, 0.1) is 6.92 Å². The number of carbonyl (C=O) groups excluding carboxylic acids is 1. The van der Waals surface area contributed by atoms with E-state index in [-0.39, 0.29) is 5.78 Å². The highest BCUT2D eigenvalue weighted by Gasteiger charge is 2.17. The van der Waals surface area contributed by atoms with Crippen LogP contribution in [-0.4, -0.2) is 68.3 Å². The van der Waals surface area contributed by atoms with Gasteiger partial charge in [-0.25, -0.2) is 4.98 Å². The number of aryl methyl sites for hydroxylation is 2. The summed E-state index contributed by atoms with van der Waals surface area (Å²) in [5.41, 5.74) is 6.46. The van der Waals surface area contributed by atoms with E-state index in [2.05, 4.69) is 34.8 Å². The number of benzene rings is 2. The van der Waals surface area contributed by atoms with Gasteiger partial charge in [0.25, 0.3) is 0 Å². The molecular weight excluding hydrogens is 512 g/mol. The van der Waals surface area contributed by atoms with E-state index in [1.54, 1.807) is 12.4 Å². The van der Waals surface area contributed by atoms with Crippen molar-refractivity contribution in [2.24, 2.45) is 7.05 Å². The van der Waals surface area contributed by atoms with E-state index in [0.717, 1.165) is 66.0 Å². The summed E-state index contributed by atoms with van der Waals surface area (Å²) in [5.74, 6) is 1.70. The molecule has 41 heavy (non-hydrogen) atoms. The zero-order valence-electron chi connectivity index (χ0n) is 23.7. The first-order valence-electron chi connectivity index (χ1n) is 14.0. The fraction of sp³-hybridized carbons (Fsp3) is 0.273. The van der Waals surface area contributed by atoms with Crippen molar-refractivity contribution in [1.82, 2.24) is 29.3 Å². The third-order valence-corrected chi connectivity index (χ3v) is 7.74. The monoisotopic (exact) mass is 546 g/mol. The molecular formula is C33H34N6O2. The molecule has 3 aromatic heterocycles. The predicted octanol–water partition coefficient (Wildman–Crippen LogP) is 5.30. The van der Waals surface area contributed by atoms with Gasteiger partial charge in [0.15, 0.2) is 11.6 Å². The molecule has 0 atom stereocenters. The average molecular weight is 547 g/mol. The minimum Gasteiger partial charge on any atom is -0.437 e. The van der Waals surface area contributed by atoms with Crippen LogP contribution in [0.15, 0.2) is 79.3 Å². The maximum absolute atomic E-state index is 13.3. The topological polar surface area (TPSA) is 76.4 Å². The normalized spacial score (nSPS) is 14.4. The van der Waals surface area contributed by atoms with E-state index >= 15 is 0 Å². The van der Waals surface area contributed by atoms with Crippen molar-refractivity contribution < 1.29 is 9.53 Å². The summed E-state index contributed by atoms with van der Waals surface area (Å²) in [6.45, 7) is 7.36. The summed E-state index contributed by atoms with van der Waals surface area (Å²) < 4.78 is 8.27. The fourth-order valence-electron chi connectivity index (χ4n) is 5.26. The predicted molar refractivity (Wildman–Crippen MR) is 160 cm³/mol. The number of fused-ring (bicyclic) bond motifs is 1. The number of ether oxygens (including phenoxy) is 1. The Morgan fingerprint density at radius 3 is 2.59 bits per heavy atom. The van der Waals surface area contributed by atoms with Crippen molar-refractivity contribution in [1.29, 1.82) is 0 Å². The number of ketones is 1. The molecule has 2 aromatic carbocycles. The van der Waals surface area contributed by atoms with Crippen molar-refractivity contribution in [3.63, 3.8) is 0 Å². The van der Waals surface area contributed by atoms with Crippen LogP contribution in [0.2, 0.25) is 0 Å². The van der Waals surface area contributed by atoms with Crippen LogP contribution < -0.4 is 4.74 Å². The first-order valence-corrected chi connectivity index (χ1v) is 14.0. The molecule has 1 fully saturated rings. The third-order valence-electron chi connectivity index (χ3n) is 7.74. The standard InChI is InChI=1S/C33H34N6O2/c1-23-18-25(9-10-27(23)22-39-16-14-37(2)15-17-39)30(40)20-24-6-4-8-28(19-24)41-33-31-29(11-13-38(31)3)35-32(36-33)26-7-5-12-34-21-26/h4-13,18-19,21H,14-17,20,22H2,1-3H3. The number of carbonyl (C=O) groups is 1. The maximum Gasteiger partial charge on any atom is 0.247 e. The lowest BCUT2D eigenvalue weighted by atomic mass is 9.98. The molecule has 8 heteroatoms. The van der Waals surface area contributed by atoms with Crippen LogP contribution in [0.5, 0.6) is 11.6 Å². The van der Waals surface area contributed by atoms with E-state index in [9.17, 15) is 4.79 Å². The zero-order chi connectivity index (χ0) is 28.3. The Balaban J connectivity index is 1.18. The van der Waals surface area contributed by atoms with Gasteiger partial charge in [0.1, 0.15) is 11.3 Å². The van der Waals surface area contributed by atoms with Gasteiger partial charge in [-0.1, -0.05) is 24.3 Å². The summed E-state index contributed by atoms with van der Waals surface area (Å²) in [5, 5.41) is 0. The summed E-state index contributed by atoms with van der Waals surface area (Å²) in [7, 11) is 4.11. The second-order valence-corrected chi connectivity index (χ2v) is 10.8. The number of pyridine rings is 1. The number of aromatic nitrogens is 4. The number of piperazine rings is 1. The van der Waals surface area contributed by atoms with Gasteiger partial charge in [-0.15, -0.1) is 0 Å². The van der Waals surface area contributed by atoms with E-state index < -0.39 is 0 Å². The van der Waals surface area contributed by atoms with Gasteiger partial charge < -0.3 is 14.2 Å². The van der Waals surface area contributed by atoms with E-state index in [1.165, 1.54) is 5.56 Å². The molecule has 5 aromatic rings. The van der Waals surface area contributed by atoms with Gasteiger partial charge >= 0.3 is 0 Å². The molecule has 1 aliphatic heterocycles. The molecule has 4 heterocycles. The van der Waals surface area contributed by atoms with Crippen LogP contribution in [0.3, 0.4) is 0 Å². The quantitative estimate of drug-likeness (QED) is 0.244. The van der Waals surface area contributed by atoms with Crippen molar-refractivity contribution in [2.45, 2.75) is 19.9 Å². The first kappa shape index (κ1) is 26.8. The highest BCUT2D eigenvalue weighted by molar-refractivity contribution is 5.97. The highest BCUT2D eigenvalue weighted by Crippen LogP contribution is 2.31. The summed E-state index contributed by atoms with van der Waals surface area (Å²) in [4.78, 5) is 31.8. The molecule has 0 bridgehead atoms. The van der Waals surface area contributed by atoms with Crippen molar-refractivity contribution in [3.8, 4) is 23.0 Å². The number of Topliss-reactive ketones (excluding diaryl/α,β-unsaturated/α-hetero) is 1. The number of rotatable bonds is 8. The molecule has 0 N–H and O–H groups in total. The average Bonchev–Trinajstić information content (AvgIpc) is 3.36. The van der Waals surface area contributed by atoms with Crippen molar-refractivity contribution >= 4 is 16.8 Å². The smallest absolute Gasteiger partial charge is 0.247 e. The van der Waals surface area contributed by atoms with Gasteiger partial charge in [0.2, 0.25) is 5.88 Å². The summed E-state index contributed by atoms with van der Waals surface area (Å²) in [6.07, 6.45) is 5.69. The summed E-state index contributed by atoms with van der Waals surface area (Å²) >= 11 is 0. The van der Waals surface area contributed by atoms with Crippen LogP contribution in [0.25, 0.3) is 22.4 Å². The molecule has 1 saturated heterocycles. The number of nitrogens with zero attached hydrogens (tertiary/aromatic N) is 6. The lowest BCUT2D eigenvalue weighted by molar-refractivity contribution is 0.0993. The SMILES string of the molecule is Cc1cc(C(=O)Cc2cccc(Oc3nc(-c4cccnc4)nc4ccn(C)c34)c2)ccc1CN1CCN(C)CC1. The number of hydrogen-bond donors (Lipinski definition) is 0.